The molecular weight excluding hydrogens is 249 g/mol. The molecule has 2 nitrogen and oxygen atoms in total. The minimum atomic E-state index is -6.00. The lowest BCUT2D eigenvalue weighted by atomic mass is 10.3. The molecule has 0 fully saturated rings. The van der Waals surface area contributed by atoms with Gasteiger partial charge >= 0.3 is 7.25 Å². The third kappa shape index (κ3) is 25.2. The van der Waals surface area contributed by atoms with Crippen LogP contribution in [0.2, 0.25) is 0 Å². The maximum absolute atomic E-state index is 10.1. The monoisotopic (exact) mass is 263 g/mol. The van der Waals surface area contributed by atoms with E-state index in [0.29, 0.717) is 0 Å². The molecule has 0 unspecified atom stereocenters. The third-order valence-corrected chi connectivity index (χ3v) is 1.34. The van der Waals surface area contributed by atoms with E-state index in [1.807, 2.05) is 0 Å². The van der Waals surface area contributed by atoms with Gasteiger partial charge in [-0.05, 0) is 13.5 Å². The summed E-state index contributed by atoms with van der Waals surface area (Å²) in [5.41, 5.74) is 0. The highest BCUT2D eigenvalue weighted by Gasteiger charge is 2.20. The zero-order chi connectivity index (χ0) is 14.1. The Hall–Kier alpha value is -1.28. The molecular formula is C8H14BF6N2-. The summed E-state index contributed by atoms with van der Waals surface area (Å²) in [5.74, 6) is 0. The Labute approximate surface area is 96.3 Å². The van der Waals surface area contributed by atoms with Gasteiger partial charge in [-0.25, -0.2) is 0 Å². The molecule has 0 aliphatic carbocycles. The normalized spacial score (nSPS) is 13.6. The predicted molar refractivity (Wildman–Crippen MR) is 55.7 cm³/mol. The molecule has 0 aromatic rings. The predicted octanol–water partition coefficient (Wildman–Crippen LogP) is 3.38. The number of hydrogen-bond acceptors (Lipinski definition) is 2. The van der Waals surface area contributed by atoms with Crippen molar-refractivity contribution in [2.45, 2.75) is 6.92 Å². The second kappa shape index (κ2) is 8.83. The molecule has 17 heavy (non-hydrogen) atoms. The van der Waals surface area contributed by atoms with Gasteiger partial charge in [-0.1, -0.05) is 0 Å². The Morgan fingerprint density at radius 2 is 1.59 bits per heavy atom. The van der Waals surface area contributed by atoms with Gasteiger partial charge in [-0.2, -0.15) is 8.78 Å². The summed E-state index contributed by atoms with van der Waals surface area (Å²) in [6.07, 6.45) is 2.36. The van der Waals surface area contributed by atoms with Gasteiger partial charge in [-0.15, -0.1) is 0 Å². The van der Waals surface area contributed by atoms with Crippen LogP contribution in [0.5, 0.6) is 0 Å². The zero-order valence-electron chi connectivity index (χ0n) is 9.52. The van der Waals surface area contributed by atoms with Crippen LogP contribution in [0, 0.1) is 0 Å². The third-order valence-electron chi connectivity index (χ3n) is 1.34. The summed E-state index contributed by atoms with van der Waals surface area (Å²) < 4.78 is 59.3. The second-order valence-electron chi connectivity index (χ2n) is 2.94. The Morgan fingerprint density at radius 1 is 1.24 bits per heavy atom. The van der Waals surface area contributed by atoms with E-state index in [1.54, 1.807) is 0 Å². The van der Waals surface area contributed by atoms with Gasteiger partial charge < -0.3 is 27.1 Å². The van der Waals surface area contributed by atoms with E-state index in [-0.39, 0.29) is 0 Å². The van der Waals surface area contributed by atoms with Crippen molar-refractivity contribution in [3.05, 3.63) is 25.1 Å². The average Bonchev–Trinajstić information content (AvgIpc) is 2.47. The van der Waals surface area contributed by atoms with Crippen LogP contribution in [-0.2, 0) is 0 Å². The van der Waals surface area contributed by atoms with E-state index < -0.39 is 13.3 Å². The highest BCUT2D eigenvalue weighted by Crippen LogP contribution is 2.06. The van der Waals surface area contributed by atoms with E-state index in [0.717, 1.165) is 13.2 Å². The molecule has 0 saturated carbocycles. The van der Waals surface area contributed by atoms with Crippen LogP contribution < -0.4 is 0 Å². The molecule has 0 radical (unpaired) electrons. The summed E-state index contributed by atoms with van der Waals surface area (Å²) in [4.78, 5) is 4.41. The standard InChI is InChI=1S/C6H12N2.C2H2F2.BF4/c1-3-8-5-4-7(2)6-8;1-2(3)4;2-1(3,4)5/h4-5H,3,6H2,1-2H3;1H2;/q;;-1. The Bertz CT molecular complexity index is 233. The van der Waals surface area contributed by atoms with Crippen molar-refractivity contribution in [1.82, 2.24) is 9.80 Å². The van der Waals surface area contributed by atoms with Crippen LogP contribution in [0.3, 0.4) is 0 Å². The molecule has 0 N–H and O–H groups in total. The van der Waals surface area contributed by atoms with Crippen LogP contribution >= 0.6 is 0 Å². The lowest BCUT2D eigenvalue weighted by Gasteiger charge is -2.14. The molecule has 102 valence electrons. The summed E-state index contributed by atoms with van der Waals surface area (Å²) in [7, 11) is -3.92. The van der Waals surface area contributed by atoms with E-state index >= 15 is 0 Å². The lowest BCUT2D eigenvalue weighted by molar-refractivity contribution is 0.308. The van der Waals surface area contributed by atoms with Crippen molar-refractivity contribution in [3.8, 4) is 0 Å². The number of hydrogen-bond donors (Lipinski definition) is 0. The van der Waals surface area contributed by atoms with Gasteiger partial charge in [0.05, 0.1) is 6.67 Å². The first-order valence-electron chi connectivity index (χ1n) is 4.56. The first-order valence-corrected chi connectivity index (χ1v) is 4.56. The molecule has 0 aromatic heterocycles. The van der Waals surface area contributed by atoms with E-state index in [4.69, 9.17) is 0 Å². The van der Waals surface area contributed by atoms with Crippen molar-refractivity contribution in [3.63, 3.8) is 0 Å². The largest absolute Gasteiger partial charge is 0.673 e. The van der Waals surface area contributed by atoms with Gasteiger partial charge in [0.15, 0.2) is 0 Å². The van der Waals surface area contributed by atoms with Gasteiger partial charge in [-0.3, -0.25) is 0 Å². The molecule has 0 amide bonds. The van der Waals surface area contributed by atoms with Crippen LogP contribution in [0.25, 0.3) is 0 Å². The molecule has 1 heterocycles. The molecule has 9 heteroatoms. The molecule has 0 aromatic carbocycles. The fourth-order valence-corrected chi connectivity index (χ4v) is 0.794. The minimum absolute atomic E-state index is 1.05. The topological polar surface area (TPSA) is 6.48 Å². The van der Waals surface area contributed by atoms with Gasteiger partial charge in [0.2, 0.25) is 0 Å². The van der Waals surface area contributed by atoms with E-state index in [2.05, 4.69) is 42.8 Å². The fourth-order valence-electron chi connectivity index (χ4n) is 0.794. The molecule has 1 aliphatic rings. The maximum Gasteiger partial charge on any atom is 0.673 e. The smallest absolute Gasteiger partial charge is 0.418 e. The molecule has 0 saturated heterocycles. The molecule has 1 aliphatic heterocycles. The van der Waals surface area contributed by atoms with Gasteiger partial charge in [0, 0.05) is 26.0 Å². The summed E-state index contributed by atoms with van der Waals surface area (Å²) in [5, 5.41) is 0. The van der Waals surface area contributed by atoms with Crippen molar-refractivity contribution in [2.75, 3.05) is 20.3 Å². The Morgan fingerprint density at radius 3 is 1.71 bits per heavy atom. The van der Waals surface area contributed by atoms with Crippen LogP contribution in [0.15, 0.2) is 25.1 Å². The molecule has 0 spiro atoms. The van der Waals surface area contributed by atoms with E-state index in [1.165, 1.54) is 0 Å². The van der Waals surface area contributed by atoms with Crippen molar-refractivity contribution in [1.29, 1.82) is 0 Å². The first-order chi connectivity index (χ1) is 7.56. The quantitative estimate of drug-likeness (QED) is 0.528. The van der Waals surface area contributed by atoms with Crippen molar-refractivity contribution < 1.29 is 26.0 Å². The maximum atomic E-state index is 10.1. The fraction of sp³-hybridized carbons (Fsp3) is 0.500. The second-order valence-corrected chi connectivity index (χ2v) is 2.94. The SMILES string of the molecule is C=C(F)F.CCN1C=CN(C)C1.F[B-](F)(F)F. The molecule has 0 atom stereocenters. The van der Waals surface area contributed by atoms with E-state index in [9.17, 15) is 26.0 Å². The Kier molecular flexibility index (Phi) is 9.40. The number of halogens is 6. The average molecular weight is 263 g/mol. The van der Waals surface area contributed by atoms with Crippen molar-refractivity contribution >= 4 is 7.25 Å². The van der Waals surface area contributed by atoms with Crippen LogP contribution in [0.4, 0.5) is 26.0 Å². The molecule has 0 bridgehead atoms. The first kappa shape index (κ1) is 18.1. The Balaban J connectivity index is 0. The summed E-state index contributed by atoms with van der Waals surface area (Å²) >= 11 is 0. The highest BCUT2D eigenvalue weighted by molar-refractivity contribution is 6.50. The minimum Gasteiger partial charge on any atom is -0.418 e. The van der Waals surface area contributed by atoms with Crippen LogP contribution in [0.1, 0.15) is 6.92 Å². The number of rotatable bonds is 1. The summed E-state index contributed by atoms with van der Waals surface area (Å²) in [6.45, 7) is 6.54. The number of nitrogens with zero attached hydrogens (tertiary/aromatic N) is 2. The molecule has 1 rings (SSSR count). The van der Waals surface area contributed by atoms with Gasteiger partial charge in [0.25, 0.3) is 6.08 Å². The van der Waals surface area contributed by atoms with Crippen molar-refractivity contribution in [2.24, 2.45) is 0 Å². The summed E-state index contributed by atoms with van der Waals surface area (Å²) in [6, 6.07) is 0. The lowest BCUT2D eigenvalue weighted by Crippen LogP contribution is -2.21. The van der Waals surface area contributed by atoms with Gasteiger partial charge in [0.1, 0.15) is 0 Å². The zero-order valence-corrected chi connectivity index (χ0v) is 9.52. The van der Waals surface area contributed by atoms with Crippen LogP contribution in [-0.4, -0.2) is 37.3 Å². The highest BCUT2D eigenvalue weighted by atomic mass is 19.5.